The third-order valence-electron chi connectivity index (χ3n) is 1.44. The quantitative estimate of drug-likeness (QED) is 0.660. The van der Waals surface area contributed by atoms with Gasteiger partial charge in [0.05, 0.1) is 19.3 Å². The van der Waals surface area contributed by atoms with Crippen LogP contribution in [0.4, 0.5) is 4.79 Å². The molecule has 0 aromatic carbocycles. The van der Waals surface area contributed by atoms with Crippen LogP contribution in [0.5, 0.6) is 0 Å². The minimum Gasteiger partial charge on any atom is -0.450 e. The van der Waals surface area contributed by atoms with E-state index in [1.807, 2.05) is 0 Å². The standard InChI is InChI=1S/C8H17NO4/c1-4-13-8(10)9-5-7(12-3)6-11-2/h7H,4-6H2,1-3H3,(H,9,10). The van der Waals surface area contributed by atoms with E-state index in [0.717, 1.165) is 0 Å². The number of alkyl carbamates (subject to hydrolysis) is 1. The van der Waals surface area contributed by atoms with Crippen molar-refractivity contribution in [2.24, 2.45) is 0 Å². The van der Waals surface area contributed by atoms with Crippen molar-refractivity contribution in [2.75, 3.05) is 34.0 Å². The summed E-state index contributed by atoms with van der Waals surface area (Å²) in [5.41, 5.74) is 0. The first-order valence-electron chi connectivity index (χ1n) is 4.16. The maximum absolute atomic E-state index is 10.8. The van der Waals surface area contributed by atoms with Crippen LogP contribution in [0.15, 0.2) is 0 Å². The monoisotopic (exact) mass is 191 g/mol. The molecule has 0 bridgehead atoms. The summed E-state index contributed by atoms with van der Waals surface area (Å²) < 4.78 is 14.6. The number of ether oxygens (including phenoxy) is 3. The Morgan fingerprint density at radius 2 is 2.15 bits per heavy atom. The molecular weight excluding hydrogens is 174 g/mol. The van der Waals surface area contributed by atoms with Gasteiger partial charge in [0.15, 0.2) is 0 Å². The molecule has 0 aromatic heterocycles. The summed E-state index contributed by atoms with van der Waals surface area (Å²) in [5, 5.41) is 2.55. The number of carbonyl (C=O) groups excluding carboxylic acids is 1. The van der Waals surface area contributed by atoms with Crippen molar-refractivity contribution in [3.63, 3.8) is 0 Å². The molecule has 1 atom stereocenters. The molecule has 13 heavy (non-hydrogen) atoms. The smallest absolute Gasteiger partial charge is 0.407 e. The van der Waals surface area contributed by atoms with Gasteiger partial charge in [-0.05, 0) is 6.92 Å². The summed E-state index contributed by atoms with van der Waals surface area (Å²) in [5.74, 6) is 0. The molecule has 1 unspecified atom stereocenters. The largest absolute Gasteiger partial charge is 0.450 e. The van der Waals surface area contributed by atoms with Gasteiger partial charge in [0.1, 0.15) is 0 Å². The maximum Gasteiger partial charge on any atom is 0.407 e. The van der Waals surface area contributed by atoms with Gasteiger partial charge in [-0.25, -0.2) is 4.79 Å². The summed E-state index contributed by atoms with van der Waals surface area (Å²) in [6.07, 6.45) is -0.560. The van der Waals surface area contributed by atoms with Gasteiger partial charge in [-0.3, -0.25) is 0 Å². The fourth-order valence-electron chi connectivity index (χ4n) is 0.775. The SMILES string of the molecule is CCOC(=O)NCC(COC)OC. The Hall–Kier alpha value is -0.810. The number of rotatable bonds is 6. The second-order valence-corrected chi connectivity index (χ2v) is 2.41. The number of hydrogen-bond donors (Lipinski definition) is 1. The number of amides is 1. The van der Waals surface area contributed by atoms with Crippen molar-refractivity contribution < 1.29 is 19.0 Å². The van der Waals surface area contributed by atoms with E-state index in [1.54, 1.807) is 21.1 Å². The van der Waals surface area contributed by atoms with Gasteiger partial charge in [0.25, 0.3) is 0 Å². The van der Waals surface area contributed by atoms with Crippen molar-refractivity contribution in [2.45, 2.75) is 13.0 Å². The van der Waals surface area contributed by atoms with Crippen LogP contribution in [0.3, 0.4) is 0 Å². The summed E-state index contributed by atoms with van der Waals surface area (Å²) >= 11 is 0. The zero-order chi connectivity index (χ0) is 10.1. The van der Waals surface area contributed by atoms with Crippen LogP contribution < -0.4 is 5.32 Å². The molecular formula is C8H17NO4. The Kier molecular flexibility index (Phi) is 7.33. The van der Waals surface area contributed by atoms with Gasteiger partial charge < -0.3 is 19.5 Å². The molecule has 5 heteroatoms. The van der Waals surface area contributed by atoms with E-state index in [2.05, 4.69) is 10.1 Å². The van der Waals surface area contributed by atoms with Crippen LogP contribution in [0.25, 0.3) is 0 Å². The van der Waals surface area contributed by atoms with Crippen molar-refractivity contribution in [3.8, 4) is 0 Å². The van der Waals surface area contributed by atoms with Crippen LogP contribution >= 0.6 is 0 Å². The molecule has 0 spiro atoms. The average molecular weight is 191 g/mol. The van der Waals surface area contributed by atoms with Gasteiger partial charge in [0.2, 0.25) is 0 Å². The zero-order valence-electron chi connectivity index (χ0n) is 8.33. The van der Waals surface area contributed by atoms with Crippen LogP contribution in [0, 0.1) is 0 Å². The fraction of sp³-hybridized carbons (Fsp3) is 0.875. The average Bonchev–Trinajstić information content (AvgIpc) is 2.12. The summed E-state index contributed by atoms with van der Waals surface area (Å²) in [6, 6.07) is 0. The lowest BCUT2D eigenvalue weighted by atomic mass is 10.4. The van der Waals surface area contributed by atoms with Gasteiger partial charge in [-0.15, -0.1) is 0 Å². The lowest BCUT2D eigenvalue weighted by molar-refractivity contribution is 0.0283. The predicted octanol–water partition coefficient (Wildman–Crippen LogP) is 0.394. The van der Waals surface area contributed by atoms with Crippen LogP contribution in [0.1, 0.15) is 6.92 Å². The zero-order valence-corrected chi connectivity index (χ0v) is 8.33. The number of hydrogen-bond acceptors (Lipinski definition) is 4. The van der Waals surface area contributed by atoms with Gasteiger partial charge in [-0.2, -0.15) is 0 Å². The highest BCUT2D eigenvalue weighted by atomic mass is 16.5. The Balaban J connectivity index is 3.52. The Morgan fingerprint density at radius 3 is 2.62 bits per heavy atom. The molecule has 0 fully saturated rings. The van der Waals surface area contributed by atoms with Gasteiger partial charge in [0, 0.05) is 20.8 Å². The molecule has 0 saturated carbocycles. The Morgan fingerprint density at radius 1 is 1.46 bits per heavy atom. The molecule has 1 N–H and O–H groups in total. The van der Waals surface area contributed by atoms with Crippen LogP contribution in [-0.4, -0.2) is 46.2 Å². The second-order valence-electron chi connectivity index (χ2n) is 2.41. The normalized spacial score (nSPS) is 12.2. The third kappa shape index (κ3) is 6.36. The van der Waals surface area contributed by atoms with E-state index >= 15 is 0 Å². The van der Waals surface area contributed by atoms with Gasteiger partial charge >= 0.3 is 6.09 Å². The topological polar surface area (TPSA) is 56.8 Å². The summed E-state index contributed by atoms with van der Waals surface area (Å²) in [6.45, 7) is 2.96. The van der Waals surface area contributed by atoms with Crippen LogP contribution in [0.2, 0.25) is 0 Å². The van der Waals surface area contributed by atoms with E-state index in [-0.39, 0.29) is 6.10 Å². The summed E-state index contributed by atoms with van der Waals surface area (Å²) in [7, 11) is 3.15. The molecule has 5 nitrogen and oxygen atoms in total. The summed E-state index contributed by atoms with van der Waals surface area (Å²) in [4.78, 5) is 10.8. The van der Waals surface area contributed by atoms with E-state index in [9.17, 15) is 4.79 Å². The van der Waals surface area contributed by atoms with E-state index in [4.69, 9.17) is 9.47 Å². The van der Waals surface area contributed by atoms with E-state index in [1.165, 1.54) is 0 Å². The van der Waals surface area contributed by atoms with Crippen LogP contribution in [-0.2, 0) is 14.2 Å². The third-order valence-corrected chi connectivity index (χ3v) is 1.44. The maximum atomic E-state index is 10.8. The number of methoxy groups -OCH3 is 2. The molecule has 1 amide bonds. The van der Waals surface area contributed by atoms with Crippen molar-refractivity contribution in [3.05, 3.63) is 0 Å². The molecule has 0 aliphatic heterocycles. The first-order chi connectivity index (χ1) is 6.24. The fourth-order valence-corrected chi connectivity index (χ4v) is 0.775. The lowest BCUT2D eigenvalue weighted by Crippen LogP contribution is -2.35. The highest BCUT2D eigenvalue weighted by molar-refractivity contribution is 5.67. The molecule has 0 aromatic rings. The molecule has 78 valence electrons. The molecule has 0 aliphatic carbocycles. The molecule has 0 rings (SSSR count). The minimum absolute atomic E-state index is 0.130. The first-order valence-corrected chi connectivity index (χ1v) is 4.16. The van der Waals surface area contributed by atoms with E-state index < -0.39 is 6.09 Å². The highest BCUT2D eigenvalue weighted by Gasteiger charge is 2.08. The lowest BCUT2D eigenvalue weighted by Gasteiger charge is -2.14. The molecule has 0 aliphatic rings. The number of nitrogens with one attached hydrogen (secondary N) is 1. The predicted molar refractivity (Wildman–Crippen MR) is 47.7 cm³/mol. The van der Waals surface area contributed by atoms with E-state index in [0.29, 0.717) is 19.8 Å². The second kappa shape index (κ2) is 7.82. The minimum atomic E-state index is -0.430. The molecule has 0 heterocycles. The Labute approximate surface area is 78.3 Å². The first kappa shape index (κ1) is 12.2. The van der Waals surface area contributed by atoms with Crippen molar-refractivity contribution >= 4 is 6.09 Å². The van der Waals surface area contributed by atoms with Crippen molar-refractivity contribution in [1.82, 2.24) is 5.32 Å². The molecule has 0 saturated heterocycles. The van der Waals surface area contributed by atoms with Crippen molar-refractivity contribution in [1.29, 1.82) is 0 Å². The molecule has 0 radical (unpaired) electrons. The Bertz CT molecular complexity index is 140. The van der Waals surface area contributed by atoms with Gasteiger partial charge in [-0.1, -0.05) is 0 Å². The highest BCUT2D eigenvalue weighted by Crippen LogP contribution is 1.88. The number of carbonyl (C=O) groups is 1.